The van der Waals surface area contributed by atoms with Gasteiger partial charge in [-0.3, -0.25) is 0 Å². The Morgan fingerprint density at radius 2 is 1.90 bits per heavy atom. The van der Waals surface area contributed by atoms with Gasteiger partial charge in [0.1, 0.15) is 0 Å². The first-order chi connectivity index (χ1) is 13.7. The van der Waals surface area contributed by atoms with Crippen molar-refractivity contribution in [1.82, 2.24) is 0 Å². The standard InChI is InChI=1S/C27H44O2/c1-18(2)8-6-9-20(4)26-25(29)17-24-21(10-7-15-27(24,26)5)12-13-22-16-23(28)14-11-19(22)3/h12-13,18,20,23-26,28-29H,3,6-11,14-17H2,1-2,4-5H3/b21-12+,22-13+/t20-,23+,24+,25?,26+,27-/m1/s1. The second-order valence-electron chi connectivity index (χ2n) is 11.0. The summed E-state index contributed by atoms with van der Waals surface area (Å²) in [5.74, 6) is 2.28. The van der Waals surface area contributed by atoms with E-state index in [0.717, 1.165) is 38.0 Å². The van der Waals surface area contributed by atoms with Gasteiger partial charge in [-0.25, -0.2) is 0 Å². The largest absolute Gasteiger partial charge is 0.393 e. The van der Waals surface area contributed by atoms with Crippen LogP contribution in [0.15, 0.2) is 35.5 Å². The highest BCUT2D eigenvalue weighted by atomic mass is 16.3. The van der Waals surface area contributed by atoms with Crippen LogP contribution in [0.5, 0.6) is 0 Å². The van der Waals surface area contributed by atoms with Gasteiger partial charge in [0.25, 0.3) is 0 Å². The molecule has 3 fully saturated rings. The molecular formula is C27H44O2. The number of aliphatic hydroxyl groups is 2. The lowest BCUT2D eigenvalue weighted by Crippen LogP contribution is -2.38. The maximum Gasteiger partial charge on any atom is 0.0583 e. The fraction of sp³-hybridized carbons (Fsp3) is 0.778. The number of fused-ring (bicyclic) bond motifs is 1. The molecular weight excluding hydrogens is 356 g/mol. The molecule has 3 aliphatic rings. The molecule has 2 N–H and O–H groups in total. The molecule has 6 atom stereocenters. The monoisotopic (exact) mass is 400 g/mol. The Bertz CT molecular complexity index is 643. The van der Waals surface area contributed by atoms with Gasteiger partial charge in [0.15, 0.2) is 0 Å². The van der Waals surface area contributed by atoms with Crippen LogP contribution in [0, 0.1) is 29.1 Å². The summed E-state index contributed by atoms with van der Waals surface area (Å²) in [4.78, 5) is 0. The van der Waals surface area contributed by atoms with E-state index in [-0.39, 0.29) is 17.6 Å². The minimum absolute atomic E-state index is 0.167. The smallest absolute Gasteiger partial charge is 0.0583 e. The van der Waals surface area contributed by atoms with Gasteiger partial charge in [0, 0.05) is 0 Å². The third kappa shape index (κ3) is 5.07. The van der Waals surface area contributed by atoms with Gasteiger partial charge in [0.05, 0.1) is 12.2 Å². The molecule has 0 bridgehead atoms. The second kappa shape index (κ2) is 9.52. The summed E-state index contributed by atoms with van der Waals surface area (Å²) in [5, 5.41) is 21.1. The van der Waals surface area contributed by atoms with Crippen molar-refractivity contribution in [3.63, 3.8) is 0 Å². The van der Waals surface area contributed by atoms with Gasteiger partial charge in [-0.2, -0.15) is 0 Å². The van der Waals surface area contributed by atoms with Crippen molar-refractivity contribution in [2.24, 2.45) is 29.1 Å². The predicted octanol–water partition coefficient (Wildman–Crippen LogP) is 6.59. The SMILES string of the molecule is C=C1CC[C@H](O)C/C1=C\C=C1/CCC[C@@]2(C)[C@@H]([C@H](C)CCCC(C)C)C(O)C[C@@H]12. The lowest BCUT2D eigenvalue weighted by Gasteiger charge is -2.44. The fourth-order valence-corrected chi connectivity index (χ4v) is 6.74. The number of allylic oxidation sites excluding steroid dienone is 4. The molecule has 0 aliphatic heterocycles. The maximum absolute atomic E-state index is 11.1. The zero-order valence-corrected chi connectivity index (χ0v) is 19.3. The van der Waals surface area contributed by atoms with Crippen molar-refractivity contribution in [2.45, 2.75) is 104 Å². The van der Waals surface area contributed by atoms with E-state index in [0.29, 0.717) is 17.8 Å². The van der Waals surface area contributed by atoms with Crippen LogP contribution in [-0.4, -0.2) is 22.4 Å². The molecule has 3 rings (SSSR count). The highest BCUT2D eigenvalue weighted by molar-refractivity contribution is 5.36. The molecule has 2 nitrogen and oxygen atoms in total. The van der Waals surface area contributed by atoms with Crippen LogP contribution in [0.25, 0.3) is 0 Å². The molecule has 0 saturated heterocycles. The third-order valence-corrected chi connectivity index (χ3v) is 8.32. The molecule has 0 spiro atoms. The highest BCUT2D eigenvalue weighted by Crippen LogP contribution is 2.60. The lowest BCUT2D eigenvalue weighted by molar-refractivity contribution is 0.0267. The van der Waals surface area contributed by atoms with E-state index in [2.05, 4.69) is 46.4 Å². The Kier molecular flexibility index (Phi) is 7.49. The van der Waals surface area contributed by atoms with Crippen molar-refractivity contribution in [2.75, 3.05) is 0 Å². The summed E-state index contributed by atoms with van der Waals surface area (Å²) in [5.41, 5.74) is 4.16. The minimum Gasteiger partial charge on any atom is -0.393 e. The first kappa shape index (κ1) is 22.8. The first-order valence-corrected chi connectivity index (χ1v) is 12.2. The van der Waals surface area contributed by atoms with Crippen molar-refractivity contribution < 1.29 is 10.2 Å². The summed E-state index contributed by atoms with van der Waals surface area (Å²) in [7, 11) is 0. The van der Waals surface area contributed by atoms with Gasteiger partial charge in [0.2, 0.25) is 0 Å². The minimum atomic E-state index is -0.217. The van der Waals surface area contributed by atoms with E-state index in [1.807, 2.05) is 0 Å². The predicted molar refractivity (Wildman–Crippen MR) is 123 cm³/mol. The summed E-state index contributed by atoms with van der Waals surface area (Å²) < 4.78 is 0. The van der Waals surface area contributed by atoms with Crippen LogP contribution in [0.1, 0.15) is 91.9 Å². The Labute approximate surface area is 179 Å². The Morgan fingerprint density at radius 3 is 2.62 bits per heavy atom. The number of hydrogen-bond acceptors (Lipinski definition) is 2. The number of aliphatic hydroxyl groups excluding tert-OH is 2. The van der Waals surface area contributed by atoms with Gasteiger partial charge in [-0.05, 0) is 79.6 Å². The third-order valence-electron chi connectivity index (χ3n) is 8.32. The van der Waals surface area contributed by atoms with Crippen LogP contribution < -0.4 is 0 Å². The molecule has 0 aromatic carbocycles. The molecule has 164 valence electrons. The zero-order chi connectivity index (χ0) is 21.2. The van der Waals surface area contributed by atoms with Crippen LogP contribution in [0.3, 0.4) is 0 Å². The van der Waals surface area contributed by atoms with Crippen molar-refractivity contribution in [3.05, 3.63) is 35.5 Å². The van der Waals surface area contributed by atoms with Crippen LogP contribution in [0.2, 0.25) is 0 Å². The van der Waals surface area contributed by atoms with Gasteiger partial charge in [-0.15, -0.1) is 0 Å². The number of rotatable bonds is 6. The van der Waals surface area contributed by atoms with E-state index in [9.17, 15) is 10.2 Å². The lowest BCUT2D eigenvalue weighted by atomic mass is 9.60. The van der Waals surface area contributed by atoms with Crippen LogP contribution in [0.4, 0.5) is 0 Å². The molecule has 0 aromatic heterocycles. The second-order valence-corrected chi connectivity index (χ2v) is 11.0. The number of hydrogen-bond donors (Lipinski definition) is 2. The van der Waals surface area contributed by atoms with Gasteiger partial charge >= 0.3 is 0 Å². The molecule has 0 amide bonds. The summed E-state index contributed by atoms with van der Waals surface area (Å²) in [6.45, 7) is 13.7. The molecule has 0 heterocycles. The van der Waals surface area contributed by atoms with E-state index in [4.69, 9.17) is 0 Å². The molecule has 29 heavy (non-hydrogen) atoms. The molecule has 3 aliphatic carbocycles. The normalized spacial score (nSPS) is 39.3. The van der Waals surface area contributed by atoms with Gasteiger partial charge in [-0.1, -0.05) is 76.8 Å². The maximum atomic E-state index is 11.1. The van der Waals surface area contributed by atoms with E-state index in [1.54, 1.807) is 0 Å². The fourth-order valence-electron chi connectivity index (χ4n) is 6.74. The van der Waals surface area contributed by atoms with Crippen molar-refractivity contribution in [3.8, 4) is 0 Å². The Morgan fingerprint density at radius 1 is 1.14 bits per heavy atom. The van der Waals surface area contributed by atoms with E-state index in [1.165, 1.54) is 48.8 Å². The molecule has 3 saturated carbocycles. The van der Waals surface area contributed by atoms with E-state index < -0.39 is 0 Å². The average Bonchev–Trinajstić information content (AvgIpc) is 2.92. The highest BCUT2D eigenvalue weighted by Gasteiger charge is 2.54. The quantitative estimate of drug-likeness (QED) is 0.528. The van der Waals surface area contributed by atoms with Crippen molar-refractivity contribution in [1.29, 1.82) is 0 Å². The molecule has 1 unspecified atom stereocenters. The van der Waals surface area contributed by atoms with Crippen LogP contribution >= 0.6 is 0 Å². The van der Waals surface area contributed by atoms with Crippen LogP contribution in [-0.2, 0) is 0 Å². The van der Waals surface area contributed by atoms with Gasteiger partial charge < -0.3 is 10.2 Å². The zero-order valence-electron chi connectivity index (χ0n) is 19.3. The summed E-state index contributed by atoms with van der Waals surface area (Å²) in [6.07, 6.45) is 15.0. The van der Waals surface area contributed by atoms with E-state index >= 15 is 0 Å². The summed E-state index contributed by atoms with van der Waals surface area (Å²) in [6, 6.07) is 0. The Hall–Kier alpha value is -0.860. The molecule has 0 radical (unpaired) electrons. The first-order valence-electron chi connectivity index (χ1n) is 12.2. The topological polar surface area (TPSA) is 40.5 Å². The average molecular weight is 401 g/mol. The van der Waals surface area contributed by atoms with Crippen molar-refractivity contribution >= 4 is 0 Å². The summed E-state index contributed by atoms with van der Waals surface area (Å²) >= 11 is 0. The molecule has 0 aromatic rings. The molecule has 2 heteroatoms. The Balaban J connectivity index is 1.75.